The quantitative estimate of drug-likeness (QED) is 0.682. The van der Waals surface area contributed by atoms with Crippen molar-refractivity contribution in [2.45, 2.75) is 0 Å². The first-order valence-corrected chi connectivity index (χ1v) is 8.06. The van der Waals surface area contributed by atoms with Crippen LogP contribution in [0.1, 0.15) is 10.4 Å². The summed E-state index contributed by atoms with van der Waals surface area (Å²) in [5.74, 6) is 1.19. The number of benzene rings is 2. The van der Waals surface area contributed by atoms with Crippen LogP contribution in [0.25, 0.3) is 11.0 Å². The first kappa shape index (κ1) is 14.9. The highest BCUT2D eigenvalue weighted by molar-refractivity contribution is 6.31. The normalized spacial score (nSPS) is 13.9. The van der Waals surface area contributed by atoms with Crippen LogP contribution in [-0.2, 0) is 0 Å². The molecule has 0 saturated carbocycles. The van der Waals surface area contributed by atoms with Crippen molar-refractivity contribution in [1.29, 1.82) is 0 Å². The molecule has 0 radical (unpaired) electrons. The third-order valence-corrected chi connectivity index (χ3v) is 4.36. The Morgan fingerprint density at radius 1 is 1.00 bits per heavy atom. The minimum Gasteiger partial charge on any atom is -0.355 e. The number of nitrogens with zero attached hydrogens (tertiary/aromatic N) is 4. The summed E-state index contributed by atoms with van der Waals surface area (Å²) in [6.45, 7) is 1.26. The Morgan fingerprint density at radius 2 is 1.71 bits per heavy atom. The van der Waals surface area contributed by atoms with E-state index in [-0.39, 0.29) is 5.91 Å². The zero-order valence-corrected chi connectivity index (χ0v) is 13.9. The number of likely N-dealkylation sites (N-methyl/N-ethyl adjacent to an activating group) is 1. The summed E-state index contributed by atoms with van der Waals surface area (Å²) in [5, 5.41) is 0.541. The van der Waals surface area contributed by atoms with Crippen LogP contribution >= 0.6 is 11.6 Å². The molecule has 0 N–H and O–H groups in total. The summed E-state index contributed by atoms with van der Waals surface area (Å²) in [4.78, 5) is 26.0. The Labute approximate surface area is 144 Å². The number of hydrogen-bond donors (Lipinski definition) is 0. The fraction of sp³-hybridized carbons (Fsp3) is 0.167. The van der Waals surface area contributed by atoms with Gasteiger partial charge >= 0.3 is 0 Å². The zero-order valence-electron chi connectivity index (χ0n) is 13.1. The summed E-state index contributed by atoms with van der Waals surface area (Å²) in [6, 6.07) is 14.6. The standard InChI is InChI=1S/C18H15ClN4O/c1-22-9-10-23(18(24)12-5-4-6-13(19)11-12)17-16(22)20-14-7-2-3-8-15(14)21-17/h2-8,11H,9-10H2,1H3. The van der Waals surface area contributed by atoms with Gasteiger partial charge in [0.05, 0.1) is 11.0 Å². The van der Waals surface area contributed by atoms with E-state index >= 15 is 0 Å². The Balaban J connectivity index is 1.83. The van der Waals surface area contributed by atoms with Gasteiger partial charge in [-0.25, -0.2) is 9.97 Å². The van der Waals surface area contributed by atoms with E-state index in [4.69, 9.17) is 11.6 Å². The molecule has 2 aromatic carbocycles. The molecule has 0 unspecified atom stereocenters. The molecule has 1 aliphatic rings. The van der Waals surface area contributed by atoms with Crippen LogP contribution in [0.4, 0.5) is 11.6 Å². The van der Waals surface area contributed by atoms with Gasteiger partial charge in [0.25, 0.3) is 5.91 Å². The molecule has 6 heteroatoms. The average Bonchev–Trinajstić information content (AvgIpc) is 2.60. The molecule has 1 aliphatic heterocycles. The van der Waals surface area contributed by atoms with E-state index in [2.05, 4.69) is 9.97 Å². The largest absolute Gasteiger partial charge is 0.355 e. The van der Waals surface area contributed by atoms with Crippen LogP contribution < -0.4 is 9.80 Å². The van der Waals surface area contributed by atoms with Gasteiger partial charge in [0.2, 0.25) is 0 Å². The third-order valence-electron chi connectivity index (χ3n) is 4.13. The van der Waals surface area contributed by atoms with E-state index in [1.54, 1.807) is 29.2 Å². The maximum Gasteiger partial charge on any atom is 0.259 e. The molecule has 5 nitrogen and oxygen atoms in total. The van der Waals surface area contributed by atoms with Crippen molar-refractivity contribution in [3.8, 4) is 0 Å². The van der Waals surface area contributed by atoms with E-state index in [0.717, 1.165) is 16.9 Å². The van der Waals surface area contributed by atoms with Crippen LogP contribution in [0.15, 0.2) is 48.5 Å². The molecule has 0 spiro atoms. The second-order valence-electron chi connectivity index (χ2n) is 5.75. The summed E-state index contributed by atoms with van der Waals surface area (Å²) in [5.41, 5.74) is 2.14. The number of carbonyl (C=O) groups excluding carboxylic acids is 1. The van der Waals surface area contributed by atoms with E-state index in [9.17, 15) is 4.79 Å². The summed E-state index contributed by atoms with van der Waals surface area (Å²) in [7, 11) is 1.96. The lowest BCUT2D eigenvalue weighted by Crippen LogP contribution is -2.43. The van der Waals surface area contributed by atoms with Crippen molar-refractivity contribution in [1.82, 2.24) is 9.97 Å². The lowest BCUT2D eigenvalue weighted by atomic mass is 10.2. The molecule has 0 aliphatic carbocycles. The van der Waals surface area contributed by atoms with Crippen LogP contribution in [-0.4, -0.2) is 36.0 Å². The van der Waals surface area contributed by atoms with Gasteiger partial charge in [0.15, 0.2) is 11.6 Å². The maximum atomic E-state index is 12.9. The van der Waals surface area contributed by atoms with Gasteiger partial charge in [-0.05, 0) is 30.3 Å². The third kappa shape index (κ3) is 2.47. The number of fused-ring (bicyclic) bond motifs is 2. The molecule has 120 valence electrons. The highest BCUT2D eigenvalue weighted by Gasteiger charge is 2.29. The van der Waals surface area contributed by atoms with Gasteiger partial charge in [-0.1, -0.05) is 29.8 Å². The lowest BCUT2D eigenvalue weighted by Gasteiger charge is -2.33. The fourth-order valence-corrected chi connectivity index (χ4v) is 3.05. The Hall–Kier alpha value is -2.66. The molecule has 0 saturated heterocycles. The monoisotopic (exact) mass is 338 g/mol. The Kier molecular flexibility index (Phi) is 3.58. The van der Waals surface area contributed by atoms with Crippen molar-refractivity contribution in [3.63, 3.8) is 0 Å². The van der Waals surface area contributed by atoms with E-state index < -0.39 is 0 Å². The molecule has 4 rings (SSSR count). The SMILES string of the molecule is CN1CCN(C(=O)c2cccc(Cl)c2)c2nc3ccccc3nc21. The molecule has 1 aromatic heterocycles. The number of amides is 1. The van der Waals surface area contributed by atoms with E-state index in [0.29, 0.717) is 29.5 Å². The molecular weight excluding hydrogens is 324 g/mol. The van der Waals surface area contributed by atoms with Gasteiger partial charge < -0.3 is 4.90 Å². The van der Waals surface area contributed by atoms with Crippen molar-refractivity contribution < 1.29 is 4.79 Å². The van der Waals surface area contributed by atoms with Crippen molar-refractivity contribution in [2.75, 3.05) is 29.9 Å². The van der Waals surface area contributed by atoms with Crippen molar-refractivity contribution >= 4 is 40.2 Å². The van der Waals surface area contributed by atoms with Gasteiger partial charge in [-0.2, -0.15) is 0 Å². The Bertz CT molecular complexity index is 943. The van der Waals surface area contributed by atoms with Crippen molar-refractivity contribution in [2.24, 2.45) is 0 Å². The maximum absolute atomic E-state index is 12.9. The van der Waals surface area contributed by atoms with Crippen molar-refractivity contribution in [3.05, 3.63) is 59.1 Å². The lowest BCUT2D eigenvalue weighted by molar-refractivity contribution is 0.0986. The molecule has 1 amide bonds. The van der Waals surface area contributed by atoms with Crippen LogP contribution in [0.5, 0.6) is 0 Å². The summed E-state index contributed by atoms with van der Waals surface area (Å²) >= 11 is 6.02. The first-order valence-electron chi connectivity index (χ1n) is 7.69. The highest BCUT2D eigenvalue weighted by atomic mass is 35.5. The topological polar surface area (TPSA) is 49.3 Å². The smallest absolute Gasteiger partial charge is 0.259 e. The van der Waals surface area contributed by atoms with Crippen LogP contribution in [0, 0.1) is 0 Å². The number of halogens is 1. The molecule has 0 bridgehead atoms. The van der Waals surface area contributed by atoms with Crippen LogP contribution in [0.3, 0.4) is 0 Å². The molecule has 24 heavy (non-hydrogen) atoms. The first-order chi connectivity index (χ1) is 11.6. The highest BCUT2D eigenvalue weighted by Crippen LogP contribution is 2.31. The van der Waals surface area contributed by atoms with E-state index in [1.807, 2.05) is 36.2 Å². The van der Waals surface area contributed by atoms with Gasteiger partial charge in [0.1, 0.15) is 0 Å². The molecule has 0 atom stereocenters. The second kappa shape index (κ2) is 5.76. The fourth-order valence-electron chi connectivity index (χ4n) is 2.86. The number of rotatable bonds is 1. The van der Waals surface area contributed by atoms with Gasteiger partial charge in [0, 0.05) is 30.7 Å². The summed E-state index contributed by atoms with van der Waals surface area (Å²) in [6.07, 6.45) is 0. The molecular formula is C18H15ClN4O. The predicted molar refractivity (Wildman–Crippen MR) is 95.9 cm³/mol. The van der Waals surface area contributed by atoms with Crippen LogP contribution in [0.2, 0.25) is 5.02 Å². The molecule has 0 fully saturated rings. The van der Waals surface area contributed by atoms with Gasteiger partial charge in [-0.15, -0.1) is 0 Å². The Morgan fingerprint density at radius 3 is 2.42 bits per heavy atom. The average molecular weight is 339 g/mol. The zero-order chi connectivity index (χ0) is 16.7. The molecule has 3 aromatic rings. The number of carbonyl (C=O) groups is 1. The number of aromatic nitrogens is 2. The van der Waals surface area contributed by atoms with Gasteiger partial charge in [-0.3, -0.25) is 9.69 Å². The number of anilines is 2. The second-order valence-corrected chi connectivity index (χ2v) is 6.18. The minimum atomic E-state index is -0.114. The predicted octanol–water partition coefficient (Wildman–Crippen LogP) is 3.38. The number of para-hydroxylation sites is 2. The minimum absolute atomic E-state index is 0.114. The van der Waals surface area contributed by atoms with E-state index in [1.165, 1.54) is 0 Å². The molecule has 2 heterocycles. The summed E-state index contributed by atoms with van der Waals surface area (Å²) < 4.78 is 0. The number of hydrogen-bond acceptors (Lipinski definition) is 4.